The zero-order valence-electron chi connectivity index (χ0n) is 11.4. The van der Waals surface area contributed by atoms with Gasteiger partial charge in [0.1, 0.15) is 5.75 Å². The van der Waals surface area contributed by atoms with Crippen LogP contribution >= 0.6 is 11.3 Å². The fourth-order valence-electron chi connectivity index (χ4n) is 2.11. The molecule has 5 nitrogen and oxygen atoms in total. The number of fused-ring (bicyclic) bond motifs is 1. The summed E-state index contributed by atoms with van der Waals surface area (Å²) in [6, 6.07) is 3.51. The Morgan fingerprint density at radius 3 is 2.70 bits per heavy atom. The van der Waals surface area contributed by atoms with Crippen molar-refractivity contribution in [1.29, 1.82) is 0 Å². The summed E-state index contributed by atoms with van der Waals surface area (Å²) in [5.41, 5.74) is 2.25. The fraction of sp³-hybridized carbons (Fsp3) is 0.214. The summed E-state index contributed by atoms with van der Waals surface area (Å²) in [6.45, 7) is 3.80. The molecule has 0 atom stereocenters. The Morgan fingerprint density at radius 2 is 2.05 bits per heavy atom. The van der Waals surface area contributed by atoms with Crippen LogP contribution in [0.25, 0.3) is 21.7 Å². The molecule has 0 bridgehead atoms. The van der Waals surface area contributed by atoms with Crippen LogP contribution in [0.4, 0.5) is 0 Å². The van der Waals surface area contributed by atoms with Crippen molar-refractivity contribution >= 4 is 22.2 Å². The third kappa shape index (κ3) is 1.98. The molecule has 0 aliphatic rings. The van der Waals surface area contributed by atoms with Crippen molar-refractivity contribution in [3.05, 3.63) is 39.1 Å². The number of hydrogen-bond acceptors (Lipinski definition) is 5. The van der Waals surface area contributed by atoms with Crippen LogP contribution in [-0.4, -0.2) is 22.1 Å². The molecule has 0 saturated heterocycles. The van der Waals surface area contributed by atoms with E-state index in [1.54, 1.807) is 19.2 Å². The summed E-state index contributed by atoms with van der Waals surface area (Å²) in [5.74, 6) is 1.22. The molecule has 0 radical (unpaired) electrons. The van der Waals surface area contributed by atoms with E-state index in [1.165, 1.54) is 11.3 Å². The minimum absolute atomic E-state index is 0.163. The minimum atomic E-state index is -0.163. The molecule has 1 N–H and O–H groups in total. The van der Waals surface area contributed by atoms with Crippen molar-refractivity contribution in [3.63, 3.8) is 0 Å². The Hall–Kier alpha value is -2.21. The zero-order valence-corrected chi connectivity index (χ0v) is 12.2. The van der Waals surface area contributed by atoms with Gasteiger partial charge in [-0.1, -0.05) is 0 Å². The molecule has 20 heavy (non-hydrogen) atoms. The van der Waals surface area contributed by atoms with Crippen LogP contribution in [0.1, 0.15) is 11.3 Å². The Labute approximate surface area is 119 Å². The van der Waals surface area contributed by atoms with E-state index in [4.69, 9.17) is 4.74 Å². The number of aromatic amines is 1. The highest BCUT2D eigenvalue weighted by molar-refractivity contribution is 7.13. The van der Waals surface area contributed by atoms with Gasteiger partial charge in [-0.25, -0.2) is 9.97 Å². The summed E-state index contributed by atoms with van der Waals surface area (Å²) in [4.78, 5) is 23.9. The van der Waals surface area contributed by atoms with Crippen LogP contribution in [0.15, 0.2) is 22.3 Å². The van der Waals surface area contributed by atoms with E-state index in [9.17, 15) is 4.79 Å². The number of thiazole rings is 1. The average Bonchev–Trinajstić information content (AvgIpc) is 2.86. The predicted octanol–water partition coefficient (Wildman–Crippen LogP) is 2.67. The Bertz CT molecular complexity index is 851. The van der Waals surface area contributed by atoms with E-state index in [0.717, 1.165) is 17.0 Å². The summed E-state index contributed by atoms with van der Waals surface area (Å²) >= 11 is 1.46. The highest BCUT2D eigenvalue weighted by Crippen LogP contribution is 2.26. The highest BCUT2D eigenvalue weighted by atomic mass is 32.1. The summed E-state index contributed by atoms with van der Waals surface area (Å²) in [6.07, 6.45) is 0. The molecule has 1 aromatic carbocycles. The maximum atomic E-state index is 12.2. The average molecular weight is 287 g/mol. The first-order chi connectivity index (χ1) is 9.60. The molecule has 2 heterocycles. The fourth-order valence-corrected chi connectivity index (χ4v) is 2.85. The van der Waals surface area contributed by atoms with Crippen LogP contribution < -0.4 is 10.3 Å². The van der Waals surface area contributed by atoms with Gasteiger partial charge in [-0.3, -0.25) is 4.79 Å². The monoisotopic (exact) mass is 287 g/mol. The molecule has 0 amide bonds. The lowest BCUT2D eigenvalue weighted by Crippen LogP contribution is -2.10. The lowest BCUT2D eigenvalue weighted by Gasteiger charge is -2.07. The summed E-state index contributed by atoms with van der Waals surface area (Å²) in [5, 5.41) is 3.20. The molecule has 6 heteroatoms. The number of benzene rings is 1. The third-order valence-corrected chi connectivity index (χ3v) is 4.09. The van der Waals surface area contributed by atoms with Gasteiger partial charge in [-0.2, -0.15) is 0 Å². The van der Waals surface area contributed by atoms with Gasteiger partial charge >= 0.3 is 0 Å². The number of nitrogens with one attached hydrogen (secondary N) is 1. The smallest absolute Gasteiger partial charge is 0.259 e. The molecule has 3 aromatic rings. The van der Waals surface area contributed by atoms with Gasteiger partial charge in [0, 0.05) is 16.6 Å². The first-order valence-corrected chi connectivity index (χ1v) is 6.98. The number of nitrogens with zero attached hydrogens (tertiary/aromatic N) is 2. The van der Waals surface area contributed by atoms with Gasteiger partial charge in [0.15, 0.2) is 10.8 Å². The van der Waals surface area contributed by atoms with E-state index in [-0.39, 0.29) is 5.56 Å². The SMILES string of the molecule is COc1ccc2c(=O)[nH]c(-c3nc(C)cs3)nc2c1C. The standard InChI is InChI=1S/C14H13N3O2S/c1-7-6-20-14(15-7)12-16-11-8(2)10(19-3)5-4-9(11)13(18)17-12/h4-6H,1-3H3,(H,16,17,18). The number of methoxy groups -OCH3 is 1. The second kappa shape index (κ2) is 4.72. The second-order valence-corrected chi connectivity index (χ2v) is 5.36. The van der Waals surface area contributed by atoms with Gasteiger partial charge in [-0.15, -0.1) is 11.3 Å². The highest BCUT2D eigenvalue weighted by Gasteiger charge is 2.12. The van der Waals surface area contributed by atoms with Crippen molar-refractivity contribution in [3.8, 4) is 16.6 Å². The molecule has 0 unspecified atom stereocenters. The zero-order chi connectivity index (χ0) is 14.3. The van der Waals surface area contributed by atoms with Crippen molar-refractivity contribution in [2.24, 2.45) is 0 Å². The molecule has 0 aliphatic carbocycles. The summed E-state index contributed by atoms with van der Waals surface area (Å²) < 4.78 is 5.28. The summed E-state index contributed by atoms with van der Waals surface area (Å²) in [7, 11) is 1.60. The number of ether oxygens (including phenoxy) is 1. The van der Waals surface area contributed by atoms with Crippen molar-refractivity contribution in [1.82, 2.24) is 15.0 Å². The van der Waals surface area contributed by atoms with E-state index in [2.05, 4.69) is 15.0 Å². The maximum absolute atomic E-state index is 12.2. The molecule has 0 aliphatic heterocycles. The largest absolute Gasteiger partial charge is 0.496 e. The quantitative estimate of drug-likeness (QED) is 0.787. The van der Waals surface area contributed by atoms with Gasteiger partial charge in [0.05, 0.1) is 18.0 Å². The van der Waals surface area contributed by atoms with Gasteiger partial charge in [-0.05, 0) is 26.0 Å². The molecule has 2 aromatic heterocycles. The lowest BCUT2D eigenvalue weighted by molar-refractivity contribution is 0.412. The number of rotatable bonds is 2. The molecule has 3 rings (SSSR count). The van der Waals surface area contributed by atoms with Crippen LogP contribution in [0, 0.1) is 13.8 Å². The number of aromatic nitrogens is 3. The topological polar surface area (TPSA) is 67.9 Å². The van der Waals surface area contributed by atoms with Crippen LogP contribution in [0.3, 0.4) is 0 Å². The first kappa shape index (κ1) is 12.8. The van der Waals surface area contributed by atoms with Crippen LogP contribution in [0.2, 0.25) is 0 Å². The van der Waals surface area contributed by atoms with E-state index in [0.29, 0.717) is 21.7 Å². The molecule has 0 spiro atoms. The van der Waals surface area contributed by atoms with E-state index in [1.807, 2.05) is 19.2 Å². The lowest BCUT2D eigenvalue weighted by atomic mass is 10.1. The predicted molar refractivity (Wildman–Crippen MR) is 79.5 cm³/mol. The normalized spacial score (nSPS) is 10.9. The number of H-pyrrole nitrogens is 1. The third-order valence-electron chi connectivity index (χ3n) is 3.12. The second-order valence-electron chi connectivity index (χ2n) is 4.50. The van der Waals surface area contributed by atoms with Crippen molar-refractivity contribution in [2.75, 3.05) is 7.11 Å². The Kier molecular flexibility index (Phi) is 3.02. The number of aryl methyl sites for hydroxylation is 2. The molecular formula is C14H13N3O2S. The van der Waals surface area contributed by atoms with E-state index < -0.39 is 0 Å². The Morgan fingerprint density at radius 1 is 1.25 bits per heavy atom. The minimum Gasteiger partial charge on any atom is -0.496 e. The van der Waals surface area contributed by atoms with E-state index >= 15 is 0 Å². The van der Waals surface area contributed by atoms with Crippen LogP contribution in [-0.2, 0) is 0 Å². The van der Waals surface area contributed by atoms with Crippen molar-refractivity contribution < 1.29 is 4.74 Å². The number of hydrogen-bond donors (Lipinski definition) is 1. The molecule has 0 saturated carbocycles. The molecule has 102 valence electrons. The van der Waals surface area contributed by atoms with Gasteiger partial charge in [0.25, 0.3) is 5.56 Å². The maximum Gasteiger partial charge on any atom is 0.259 e. The van der Waals surface area contributed by atoms with Gasteiger partial charge in [0.2, 0.25) is 0 Å². The Balaban J connectivity index is 2.32. The first-order valence-electron chi connectivity index (χ1n) is 6.10. The van der Waals surface area contributed by atoms with Crippen molar-refractivity contribution in [2.45, 2.75) is 13.8 Å². The van der Waals surface area contributed by atoms with Crippen LogP contribution in [0.5, 0.6) is 5.75 Å². The molecular weight excluding hydrogens is 274 g/mol. The molecule has 0 fully saturated rings. The van der Waals surface area contributed by atoms with Gasteiger partial charge < -0.3 is 9.72 Å².